The van der Waals surface area contributed by atoms with E-state index in [-0.39, 0.29) is 0 Å². The van der Waals surface area contributed by atoms with E-state index >= 15 is 0 Å². The van der Waals surface area contributed by atoms with Crippen molar-refractivity contribution < 1.29 is 4.52 Å². The molecule has 0 amide bonds. The van der Waals surface area contributed by atoms with E-state index in [9.17, 15) is 0 Å². The molecule has 5 nitrogen and oxygen atoms in total. The van der Waals surface area contributed by atoms with Gasteiger partial charge >= 0.3 is 0 Å². The van der Waals surface area contributed by atoms with Crippen LogP contribution in [0.5, 0.6) is 0 Å². The molecule has 0 saturated heterocycles. The zero-order valence-electron chi connectivity index (χ0n) is 5.39. The van der Waals surface area contributed by atoms with Crippen LogP contribution < -0.4 is 0 Å². The molecule has 0 aliphatic heterocycles. The highest BCUT2D eigenvalue weighted by atomic mass is 32.2. The van der Waals surface area contributed by atoms with Gasteiger partial charge in [0.1, 0.15) is 5.03 Å². The van der Waals surface area contributed by atoms with Crippen molar-refractivity contribution in [3.8, 4) is 0 Å². The van der Waals surface area contributed by atoms with Crippen LogP contribution in [0.4, 0.5) is 0 Å². The Labute approximate surface area is 66.2 Å². The normalized spacial score (nSPS) is 10.2. The number of H-pyrrole nitrogens is 1. The van der Waals surface area contributed by atoms with E-state index in [1.807, 2.05) is 6.07 Å². The second-order valence-corrected chi connectivity index (χ2v) is 2.80. The van der Waals surface area contributed by atoms with Crippen LogP contribution in [0.1, 0.15) is 0 Å². The molecule has 0 bridgehead atoms. The Bertz CT molecular complexity index is 271. The lowest BCUT2D eigenvalue weighted by atomic mass is 10.8. The van der Waals surface area contributed by atoms with Crippen LogP contribution in [0.15, 0.2) is 33.1 Å². The maximum absolute atomic E-state index is 4.54. The zero-order chi connectivity index (χ0) is 7.52. The van der Waals surface area contributed by atoms with Gasteiger partial charge < -0.3 is 4.52 Å². The smallest absolute Gasteiger partial charge is 0.166 e. The summed E-state index contributed by atoms with van der Waals surface area (Å²) in [6.07, 6.45) is 3.22. The first-order valence-corrected chi connectivity index (χ1v) is 3.71. The second kappa shape index (κ2) is 2.75. The molecular weight excluding hydrogens is 164 g/mol. The predicted molar refractivity (Wildman–Crippen MR) is 37.0 cm³/mol. The molecule has 0 saturated carbocycles. The predicted octanol–water partition coefficient (Wildman–Crippen LogP) is 0.944. The van der Waals surface area contributed by atoms with E-state index in [1.54, 1.807) is 6.20 Å². The van der Waals surface area contributed by atoms with Gasteiger partial charge in [-0.3, -0.25) is 5.10 Å². The van der Waals surface area contributed by atoms with Gasteiger partial charge in [-0.15, -0.1) is 5.10 Å². The number of hydrogen-bond acceptors (Lipinski definition) is 5. The fraction of sp³-hybridized carbons (Fsp3) is 0. The first kappa shape index (κ1) is 6.41. The number of nitrogens with zero attached hydrogens (tertiary/aromatic N) is 3. The van der Waals surface area contributed by atoms with Crippen LogP contribution in [0.25, 0.3) is 0 Å². The molecule has 0 unspecified atom stereocenters. The molecule has 2 heterocycles. The quantitative estimate of drug-likeness (QED) is 0.722. The van der Waals surface area contributed by atoms with Gasteiger partial charge in [-0.1, -0.05) is 0 Å². The molecule has 0 aromatic carbocycles. The average Bonchev–Trinajstić information content (AvgIpc) is 2.60. The lowest BCUT2D eigenvalue weighted by Crippen LogP contribution is -1.73. The van der Waals surface area contributed by atoms with Crippen molar-refractivity contribution in [3.63, 3.8) is 0 Å². The minimum absolute atomic E-state index is 0.706. The molecule has 0 aliphatic rings. The van der Waals surface area contributed by atoms with Gasteiger partial charge in [0, 0.05) is 11.5 Å². The van der Waals surface area contributed by atoms with Crippen LogP contribution in [0.3, 0.4) is 0 Å². The summed E-state index contributed by atoms with van der Waals surface area (Å²) >= 11 is 1.39. The molecule has 0 fully saturated rings. The molecule has 11 heavy (non-hydrogen) atoms. The minimum atomic E-state index is 0.706. The van der Waals surface area contributed by atoms with Crippen molar-refractivity contribution in [2.24, 2.45) is 0 Å². The van der Waals surface area contributed by atoms with Crippen LogP contribution in [-0.4, -0.2) is 20.6 Å². The van der Waals surface area contributed by atoms with Crippen LogP contribution >= 0.6 is 11.8 Å². The third-order valence-corrected chi connectivity index (χ3v) is 1.85. The largest absolute Gasteiger partial charge is 0.344 e. The Morgan fingerprint density at radius 3 is 3.09 bits per heavy atom. The van der Waals surface area contributed by atoms with Crippen molar-refractivity contribution in [2.45, 2.75) is 10.1 Å². The Hall–Kier alpha value is -1.30. The summed E-state index contributed by atoms with van der Waals surface area (Å²) in [5.41, 5.74) is 0. The summed E-state index contributed by atoms with van der Waals surface area (Å²) in [4.78, 5) is 0. The third-order valence-electron chi connectivity index (χ3n) is 1.02. The third kappa shape index (κ3) is 1.40. The highest BCUT2D eigenvalue weighted by molar-refractivity contribution is 7.99. The first-order valence-electron chi connectivity index (χ1n) is 2.90. The highest BCUT2D eigenvalue weighted by Gasteiger charge is 2.01. The van der Waals surface area contributed by atoms with E-state index < -0.39 is 0 Å². The fourth-order valence-corrected chi connectivity index (χ4v) is 1.23. The molecular formula is C5H4N4OS. The van der Waals surface area contributed by atoms with Crippen molar-refractivity contribution in [1.29, 1.82) is 0 Å². The van der Waals surface area contributed by atoms with Gasteiger partial charge in [-0.05, 0) is 17.8 Å². The summed E-state index contributed by atoms with van der Waals surface area (Å²) in [6, 6.07) is 1.85. The number of aromatic nitrogens is 4. The van der Waals surface area contributed by atoms with Gasteiger partial charge in [0.2, 0.25) is 0 Å². The van der Waals surface area contributed by atoms with E-state index in [1.165, 1.54) is 18.0 Å². The molecule has 1 N–H and O–H groups in total. The van der Waals surface area contributed by atoms with Crippen LogP contribution in [0.2, 0.25) is 0 Å². The molecule has 0 spiro atoms. The van der Waals surface area contributed by atoms with Crippen molar-refractivity contribution in [2.75, 3.05) is 0 Å². The van der Waals surface area contributed by atoms with E-state index in [0.717, 1.165) is 5.03 Å². The second-order valence-electron chi connectivity index (χ2n) is 1.76. The lowest BCUT2D eigenvalue weighted by Gasteiger charge is -1.84. The lowest BCUT2D eigenvalue weighted by molar-refractivity contribution is 0.392. The summed E-state index contributed by atoms with van der Waals surface area (Å²) in [5.74, 6) is 0. The first-order chi connectivity index (χ1) is 5.45. The monoisotopic (exact) mass is 168 g/mol. The maximum atomic E-state index is 4.54. The van der Waals surface area contributed by atoms with Gasteiger partial charge in [0.15, 0.2) is 11.3 Å². The Kier molecular flexibility index (Phi) is 1.60. The average molecular weight is 168 g/mol. The molecule has 0 radical (unpaired) electrons. The van der Waals surface area contributed by atoms with E-state index in [2.05, 4.69) is 25.1 Å². The summed E-state index contributed by atoms with van der Waals surface area (Å²) < 4.78 is 4.54. The summed E-state index contributed by atoms with van der Waals surface area (Å²) in [6.45, 7) is 0. The summed E-state index contributed by atoms with van der Waals surface area (Å²) in [5, 5.41) is 15.2. The maximum Gasteiger partial charge on any atom is 0.166 e. The highest BCUT2D eigenvalue weighted by Crippen LogP contribution is 2.22. The van der Waals surface area contributed by atoms with E-state index in [4.69, 9.17) is 0 Å². The molecule has 2 aromatic heterocycles. The van der Waals surface area contributed by atoms with Gasteiger partial charge in [0.25, 0.3) is 0 Å². The Balaban J connectivity index is 2.14. The minimum Gasteiger partial charge on any atom is -0.344 e. The van der Waals surface area contributed by atoms with Crippen LogP contribution in [-0.2, 0) is 0 Å². The van der Waals surface area contributed by atoms with E-state index in [0.29, 0.717) is 5.03 Å². The van der Waals surface area contributed by atoms with Gasteiger partial charge in [-0.2, -0.15) is 5.10 Å². The molecule has 56 valence electrons. The molecule has 0 atom stereocenters. The van der Waals surface area contributed by atoms with Crippen molar-refractivity contribution >= 4 is 11.8 Å². The topological polar surface area (TPSA) is 67.6 Å². The van der Waals surface area contributed by atoms with Crippen molar-refractivity contribution in [1.82, 2.24) is 20.6 Å². The molecule has 2 rings (SSSR count). The SMILES string of the molecule is c1cc(Sc2conn2)n[nH]1. The molecule has 2 aromatic rings. The van der Waals surface area contributed by atoms with Gasteiger partial charge in [0.05, 0.1) is 0 Å². The number of aromatic amines is 1. The number of nitrogens with one attached hydrogen (secondary N) is 1. The Morgan fingerprint density at radius 2 is 2.45 bits per heavy atom. The fourth-order valence-electron chi connectivity index (χ4n) is 0.611. The molecule has 6 heteroatoms. The van der Waals surface area contributed by atoms with Crippen molar-refractivity contribution in [3.05, 3.63) is 18.5 Å². The van der Waals surface area contributed by atoms with Gasteiger partial charge in [-0.25, -0.2) is 0 Å². The summed E-state index contributed by atoms with van der Waals surface area (Å²) in [7, 11) is 0. The Morgan fingerprint density at radius 1 is 1.45 bits per heavy atom. The van der Waals surface area contributed by atoms with Crippen LogP contribution in [0, 0.1) is 0 Å². The zero-order valence-corrected chi connectivity index (χ0v) is 6.21. The standard InChI is InChI=1S/C5H4N4OS/c1-2-6-7-4(1)11-5-3-10-9-8-5/h1-3H,(H,6,7). The molecule has 0 aliphatic carbocycles. The number of rotatable bonds is 2. The number of hydrogen-bond donors (Lipinski definition) is 1.